The molecule has 0 saturated carbocycles. The second-order valence-electron chi connectivity index (χ2n) is 3.84. The van der Waals surface area contributed by atoms with Crippen molar-refractivity contribution in [3.8, 4) is 0 Å². The van der Waals surface area contributed by atoms with Crippen LogP contribution in [0.1, 0.15) is 11.1 Å². The van der Waals surface area contributed by atoms with Crippen molar-refractivity contribution < 1.29 is 14.2 Å². The molecule has 2 rings (SSSR count). The van der Waals surface area contributed by atoms with Crippen LogP contribution in [-0.2, 0) is 27.5 Å². The Kier molecular flexibility index (Phi) is 5.66. The van der Waals surface area contributed by atoms with E-state index >= 15 is 0 Å². The molecular weight excluding hydrogens is 261 g/mol. The second kappa shape index (κ2) is 7.77. The maximum absolute atomic E-state index is 10.9. The average Bonchev–Trinajstić information content (AvgIpc) is 2.49. The summed E-state index contributed by atoms with van der Waals surface area (Å²) in [4.78, 5) is 11.5. The zero-order chi connectivity index (χ0) is 13.3. The number of benzene rings is 2. The van der Waals surface area contributed by atoms with Crippen LogP contribution in [0.2, 0.25) is 0 Å². The van der Waals surface area contributed by atoms with Gasteiger partial charge in [-0.1, -0.05) is 60.7 Å². The summed E-state index contributed by atoms with van der Waals surface area (Å²) in [7, 11) is -0.331. The molecule has 98 valence electrons. The van der Waals surface area contributed by atoms with Crippen LogP contribution in [0.15, 0.2) is 60.7 Å². The van der Waals surface area contributed by atoms with Gasteiger partial charge in [0.2, 0.25) is 0 Å². The lowest BCUT2D eigenvalue weighted by Crippen LogP contribution is -2.13. The van der Waals surface area contributed by atoms with Crippen molar-refractivity contribution >= 4 is 8.61 Å². The molecule has 2 aromatic rings. The fourth-order valence-electron chi connectivity index (χ4n) is 1.49. The Bertz CT molecular complexity index is 449. The molecule has 0 bridgehead atoms. The molecule has 0 saturated heterocycles. The van der Waals surface area contributed by atoms with E-state index in [0.717, 1.165) is 16.1 Å². The summed E-state index contributed by atoms with van der Waals surface area (Å²) in [5.41, 5.74) is 1.97. The number of nitrogens with zero attached hydrogens (tertiary/aromatic N) is 1. The SMILES string of the molecule is O=PN(OCc1ccccc1)OCc1ccccc1. The maximum Gasteiger partial charge on any atom is 0.303 e. The van der Waals surface area contributed by atoms with Gasteiger partial charge in [-0.15, -0.1) is 0 Å². The van der Waals surface area contributed by atoms with Crippen LogP contribution < -0.4 is 0 Å². The van der Waals surface area contributed by atoms with Crippen LogP contribution in [0.5, 0.6) is 0 Å². The number of hydrogen-bond donors (Lipinski definition) is 0. The fraction of sp³-hybridized carbons (Fsp3) is 0.143. The molecule has 0 amide bonds. The minimum absolute atomic E-state index is 0.310. The third-order valence-corrected chi connectivity index (χ3v) is 2.80. The number of hydrogen-bond acceptors (Lipinski definition) is 3. The van der Waals surface area contributed by atoms with Crippen molar-refractivity contribution in [2.75, 3.05) is 0 Å². The Hall–Kier alpha value is -1.58. The summed E-state index contributed by atoms with van der Waals surface area (Å²) in [5.74, 6) is 0. The molecule has 19 heavy (non-hydrogen) atoms. The van der Waals surface area contributed by atoms with Crippen LogP contribution in [0.3, 0.4) is 0 Å². The third kappa shape index (κ3) is 4.89. The van der Waals surface area contributed by atoms with Crippen molar-refractivity contribution in [2.45, 2.75) is 13.2 Å². The van der Waals surface area contributed by atoms with E-state index in [-0.39, 0.29) is 8.61 Å². The molecule has 0 radical (unpaired) electrons. The normalized spacial score (nSPS) is 11.0. The van der Waals surface area contributed by atoms with Crippen molar-refractivity contribution in [2.24, 2.45) is 0 Å². The molecular formula is C14H14NO3P. The largest absolute Gasteiger partial charge is 0.303 e. The molecule has 0 aliphatic heterocycles. The predicted octanol–water partition coefficient (Wildman–Crippen LogP) is 3.76. The van der Waals surface area contributed by atoms with Crippen LogP contribution >= 0.6 is 8.61 Å². The predicted molar refractivity (Wildman–Crippen MR) is 71.9 cm³/mol. The molecule has 2 aromatic carbocycles. The fourth-order valence-corrected chi connectivity index (χ4v) is 1.70. The van der Waals surface area contributed by atoms with Gasteiger partial charge in [-0.2, -0.15) is 0 Å². The van der Waals surface area contributed by atoms with E-state index in [0.29, 0.717) is 13.2 Å². The lowest BCUT2D eigenvalue weighted by molar-refractivity contribution is -0.311. The van der Waals surface area contributed by atoms with E-state index in [1.54, 1.807) is 0 Å². The van der Waals surface area contributed by atoms with Gasteiger partial charge < -0.3 is 0 Å². The van der Waals surface area contributed by atoms with Crippen LogP contribution in [0.4, 0.5) is 0 Å². The van der Waals surface area contributed by atoms with E-state index in [9.17, 15) is 4.57 Å². The smallest absolute Gasteiger partial charge is 0.259 e. The Morgan fingerprint density at radius 3 is 1.58 bits per heavy atom. The molecule has 0 aliphatic carbocycles. The Labute approximate surface area is 113 Å². The summed E-state index contributed by atoms with van der Waals surface area (Å²) in [6.07, 6.45) is 0. The lowest BCUT2D eigenvalue weighted by atomic mass is 10.2. The van der Waals surface area contributed by atoms with E-state index in [1.807, 2.05) is 60.7 Å². The van der Waals surface area contributed by atoms with E-state index < -0.39 is 0 Å². The zero-order valence-corrected chi connectivity index (χ0v) is 11.2. The molecule has 0 spiro atoms. The molecule has 0 N–H and O–H groups in total. The monoisotopic (exact) mass is 275 g/mol. The highest BCUT2D eigenvalue weighted by Crippen LogP contribution is 2.13. The molecule has 0 heterocycles. The van der Waals surface area contributed by atoms with Crippen molar-refractivity contribution in [1.82, 2.24) is 5.00 Å². The van der Waals surface area contributed by atoms with E-state index in [2.05, 4.69) is 0 Å². The van der Waals surface area contributed by atoms with Crippen LogP contribution in [0.25, 0.3) is 0 Å². The van der Waals surface area contributed by atoms with Gasteiger partial charge in [0.05, 0.1) is 13.2 Å². The Balaban J connectivity index is 1.79. The lowest BCUT2D eigenvalue weighted by Gasteiger charge is -2.13. The van der Waals surface area contributed by atoms with Gasteiger partial charge >= 0.3 is 8.61 Å². The molecule has 5 heteroatoms. The summed E-state index contributed by atoms with van der Waals surface area (Å²) < 4.78 is 10.9. The van der Waals surface area contributed by atoms with E-state index in [4.69, 9.17) is 9.68 Å². The first kappa shape index (κ1) is 13.8. The zero-order valence-electron chi connectivity index (χ0n) is 10.3. The second-order valence-corrected chi connectivity index (χ2v) is 4.33. The van der Waals surface area contributed by atoms with Crippen LogP contribution in [-0.4, -0.2) is 5.00 Å². The highest BCUT2D eigenvalue weighted by atomic mass is 31.1. The summed E-state index contributed by atoms with van der Waals surface area (Å²) in [6, 6.07) is 19.2. The first-order valence-corrected chi connectivity index (χ1v) is 6.62. The van der Waals surface area contributed by atoms with Crippen molar-refractivity contribution in [3.63, 3.8) is 0 Å². The Morgan fingerprint density at radius 2 is 1.21 bits per heavy atom. The number of rotatable bonds is 7. The molecule has 0 atom stereocenters. The standard InChI is InChI=1S/C14H14NO3P/c16-19-15(17-11-13-7-3-1-4-8-13)18-12-14-9-5-2-6-10-14/h1-10H,11-12H2. The van der Waals surface area contributed by atoms with Crippen molar-refractivity contribution in [1.29, 1.82) is 0 Å². The van der Waals surface area contributed by atoms with Gasteiger partial charge in [-0.05, 0) is 11.1 Å². The minimum Gasteiger partial charge on any atom is -0.259 e. The van der Waals surface area contributed by atoms with Gasteiger partial charge in [0.25, 0.3) is 0 Å². The molecule has 0 unspecified atom stereocenters. The Morgan fingerprint density at radius 1 is 0.789 bits per heavy atom. The molecule has 0 aliphatic rings. The van der Waals surface area contributed by atoms with Gasteiger partial charge in [-0.3, -0.25) is 14.2 Å². The average molecular weight is 275 g/mol. The summed E-state index contributed by atoms with van der Waals surface area (Å²) in [5, 5.41) is 0. The third-order valence-electron chi connectivity index (χ3n) is 2.44. The van der Waals surface area contributed by atoms with Crippen molar-refractivity contribution in [3.05, 3.63) is 71.8 Å². The van der Waals surface area contributed by atoms with E-state index in [1.165, 1.54) is 0 Å². The van der Waals surface area contributed by atoms with Gasteiger partial charge in [0.15, 0.2) is 0 Å². The van der Waals surface area contributed by atoms with Gasteiger partial charge in [0.1, 0.15) is 0 Å². The highest BCUT2D eigenvalue weighted by Gasteiger charge is 2.06. The molecule has 0 aromatic heterocycles. The first-order valence-electron chi connectivity index (χ1n) is 5.85. The molecule has 0 fully saturated rings. The summed E-state index contributed by atoms with van der Waals surface area (Å²) >= 11 is 0. The maximum atomic E-state index is 10.9. The van der Waals surface area contributed by atoms with Gasteiger partial charge in [-0.25, -0.2) is 0 Å². The minimum atomic E-state index is -0.331. The highest BCUT2D eigenvalue weighted by molar-refractivity contribution is 7.20. The first-order chi connectivity index (χ1) is 9.38. The topological polar surface area (TPSA) is 38.8 Å². The molecule has 4 nitrogen and oxygen atoms in total. The van der Waals surface area contributed by atoms with Crippen LogP contribution in [0, 0.1) is 0 Å². The summed E-state index contributed by atoms with van der Waals surface area (Å²) in [6.45, 7) is 0.621. The quantitative estimate of drug-likeness (QED) is 0.569. The van der Waals surface area contributed by atoms with Gasteiger partial charge in [0, 0.05) is 5.00 Å².